The zero-order chi connectivity index (χ0) is 31.6. The lowest BCUT2D eigenvalue weighted by molar-refractivity contribution is -0.689. The van der Waals surface area contributed by atoms with Crippen LogP contribution in [0.25, 0.3) is 11.3 Å². The number of hydrogen-bond donors (Lipinski definition) is 1. The number of nitrogens with zero attached hydrogens (tertiary/aromatic N) is 5. The molecule has 1 N–H and O–H groups in total. The minimum absolute atomic E-state index is 0. The van der Waals surface area contributed by atoms with Crippen LogP contribution in [0, 0.1) is 23.0 Å². The minimum atomic E-state index is -1.89. The van der Waals surface area contributed by atoms with Crippen molar-refractivity contribution in [3.8, 4) is 23.1 Å². The lowest BCUT2D eigenvalue weighted by Gasteiger charge is -2.32. The maximum Gasteiger partial charge on any atom is 0.308 e. The summed E-state index contributed by atoms with van der Waals surface area (Å²) < 4.78 is 37.3. The Kier molecular flexibility index (Phi) is 10.7. The molecule has 232 valence electrons. The molecule has 0 radical (unpaired) electrons. The zero-order valence-electron chi connectivity index (χ0n) is 23.7. The van der Waals surface area contributed by atoms with Gasteiger partial charge in [-0.25, -0.2) is 18.3 Å². The van der Waals surface area contributed by atoms with Crippen LogP contribution < -0.4 is 26.3 Å². The number of ether oxygens (including phenoxy) is 1. The summed E-state index contributed by atoms with van der Waals surface area (Å²) >= 11 is 13.8. The van der Waals surface area contributed by atoms with Crippen LogP contribution in [0.5, 0.6) is 5.75 Å². The lowest BCUT2D eigenvalue weighted by atomic mass is 9.82. The Labute approximate surface area is 281 Å². The van der Waals surface area contributed by atoms with Gasteiger partial charge in [-0.2, -0.15) is 5.26 Å². The van der Waals surface area contributed by atoms with E-state index < -0.39 is 29.1 Å². The quantitative estimate of drug-likeness (QED) is 0.142. The fourth-order valence-corrected chi connectivity index (χ4v) is 6.34. The largest absolute Gasteiger partial charge is 1.00 e. The second kappa shape index (κ2) is 14.1. The Balaban J connectivity index is 0.00000461. The van der Waals surface area contributed by atoms with E-state index >= 15 is 4.39 Å². The van der Waals surface area contributed by atoms with Gasteiger partial charge in [-0.15, -0.1) is 16.0 Å². The first kappa shape index (κ1) is 34.1. The molecular formula is C31H24BrCl2F2N5O3S. The monoisotopic (exact) mass is 733 g/mol. The lowest BCUT2D eigenvalue weighted by Crippen LogP contribution is -3.00. The fraction of sp³-hybridized carbons (Fsp3) is 0.194. The molecule has 0 aliphatic heterocycles. The molecule has 5 aromatic rings. The average molecular weight is 735 g/mol. The van der Waals surface area contributed by atoms with E-state index in [1.807, 2.05) is 5.38 Å². The number of benzene rings is 3. The standard InChI is InChI=1S/C31H24Cl2F2N5O3S.BrH/c1-18(30-38-28(14-44-30)22-5-3-20(12-36)4-6-22)31(42,24-8-7-23(34)11-27(24)35)15-40-17-39(16-37-40)13-21-9-25(32)29(26(33)10-21)43-19(2)41;/h3-11,14,16-18,42H,13,15H2,1-2H3;1H/q+1;/p-1/t18-,31+;/m0./s1. The molecule has 0 aliphatic rings. The van der Waals surface area contributed by atoms with E-state index in [1.54, 1.807) is 54.2 Å². The average Bonchev–Trinajstić information content (AvgIpc) is 3.64. The molecule has 0 spiro atoms. The first-order valence-electron chi connectivity index (χ1n) is 13.2. The van der Waals surface area contributed by atoms with Gasteiger partial charge in [0.2, 0.25) is 6.33 Å². The highest BCUT2D eigenvalue weighted by molar-refractivity contribution is 7.10. The zero-order valence-corrected chi connectivity index (χ0v) is 27.6. The third-order valence-corrected chi connectivity index (χ3v) is 8.61. The van der Waals surface area contributed by atoms with Crippen molar-refractivity contribution < 1.29 is 45.0 Å². The number of halogens is 5. The molecule has 2 heterocycles. The number of aliphatic hydroxyl groups is 1. The summed E-state index contributed by atoms with van der Waals surface area (Å²) in [4.78, 5) is 16.1. The number of carbonyl (C=O) groups is 1. The first-order chi connectivity index (χ1) is 21.0. The molecule has 3 aromatic carbocycles. The number of hydrogen-bond acceptors (Lipinski definition) is 7. The van der Waals surface area contributed by atoms with Gasteiger partial charge in [-0.1, -0.05) is 48.3 Å². The van der Waals surface area contributed by atoms with Crippen LogP contribution in [-0.4, -0.2) is 25.8 Å². The van der Waals surface area contributed by atoms with Gasteiger partial charge in [-0.05, 0) is 35.9 Å². The Morgan fingerprint density at radius 3 is 2.49 bits per heavy atom. The normalized spacial score (nSPS) is 12.9. The van der Waals surface area contributed by atoms with E-state index in [0.717, 1.165) is 17.7 Å². The summed E-state index contributed by atoms with van der Waals surface area (Å²) in [5.41, 5.74) is 0.622. The van der Waals surface area contributed by atoms with Crippen LogP contribution in [0.3, 0.4) is 0 Å². The molecule has 14 heteroatoms. The molecule has 45 heavy (non-hydrogen) atoms. The molecule has 0 bridgehead atoms. The highest BCUT2D eigenvalue weighted by Crippen LogP contribution is 2.41. The van der Waals surface area contributed by atoms with Crippen molar-refractivity contribution in [2.45, 2.75) is 38.5 Å². The minimum Gasteiger partial charge on any atom is -1.00 e. The maximum atomic E-state index is 15.2. The molecule has 0 saturated heterocycles. The van der Waals surface area contributed by atoms with Crippen molar-refractivity contribution in [1.82, 2.24) is 14.8 Å². The highest BCUT2D eigenvalue weighted by Gasteiger charge is 2.43. The number of thiazole rings is 1. The topological polar surface area (TPSA) is 105 Å². The Morgan fingerprint density at radius 1 is 1.18 bits per heavy atom. The molecule has 0 aliphatic carbocycles. The van der Waals surface area contributed by atoms with E-state index in [0.29, 0.717) is 21.8 Å². The van der Waals surface area contributed by atoms with Gasteiger partial charge in [-0.3, -0.25) is 4.79 Å². The molecule has 0 unspecified atom stereocenters. The van der Waals surface area contributed by atoms with Crippen LogP contribution in [0.15, 0.2) is 72.6 Å². The molecule has 0 amide bonds. The van der Waals surface area contributed by atoms with Crippen molar-refractivity contribution in [3.05, 3.63) is 116 Å². The van der Waals surface area contributed by atoms with Gasteiger partial charge in [0.25, 0.3) is 6.33 Å². The second-order valence-electron chi connectivity index (χ2n) is 10.1. The van der Waals surface area contributed by atoms with E-state index in [4.69, 9.17) is 38.2 Å². The van der Waals surface area contributed by atoms with Crippen LogP contribution in [0.2, 0.25) is 10.0 Å². The number of rotatable bonds is 9. The predicted octanol–water partition coefficient (Wildman–Crippen LogP) is 3.42. The van der Waals surface area contributed by atoms with Gasteiger partial charge in [0.05, 0.1) is 38.9 Å². The number of nitriles is 1. The number of aromatic nitrogens is 4. The van der Waals surface area contributed by atoms with Crippen molar-refractivity contribution in [3.63, 3.8) is 0 Å². The Hall–Kier alpha value is -3.73. The van der Waals surface area contributed by atoms with Crippen molar-refractivity contribution in [2.24, 2.45) is 0 Å². The number of esters is 1. The summed E-state index contributed by atoms with van der Waals surface area (Å²) in [7, 11) is 0. The van der Waals surface area contributed by atoms with E-state index in [1.165, 1.54) is 35.3 Å². The second-order valence-corrected chi connectivity index (χ2v) is 11.8. The van der Waals surface area contributed by atoms with E-state index in [9.17, 15) is 14.3 Å². The van der Waals surface area contributed by atoms with Crippen LogP contribution in [-0.2, 0) is 23.5 Å². The first-order valence-corrected chi connectivity index (χ1v) is 14.8. The van der Waals surface area contributed by atoms with E-state index in [2.05, 4.69) is 11.2 Å². The maximum absolute atomic E-state index is 15.2. The van der Waals surface area contributed by atoms with Gasteiger partial charge < -0.3 is 26.8 Å². The fourth-order valence-electron chi connectivity index (χ4n) is 4.76. The third-order valence-electron chi connectivity index (χ3n) is 7.02. The summed E-state index contributed by atoms with van der Waals surface area (Å²) in [6.07, 6.45) is 3.13. The van der Waals surface area contributed by atoms with Crippen LogP contribution in [0.1, 0.15) is 41.5 Å². The molecule has 0 saturated carbocycles. The summed E-state index contributed by atoms with van der Waals surface area (Å²) in [6, 6.07) is 15.3. The van der Waals surface area contributed by atoms with Gasteiger partial charge in [0.1, 0.15) is 23.8 Å². The van der Waals surface area contributed by atoms with Crippen molar-refractivity contribution in [1.29, 1.82) is 5.26 Å². The molecule has 8 nitrogen and oxygen atoms in total. The van der Waals surface area contributed by atoms with Gasteiger partial charge in [0.15, 0.2) is 5.75 Å². The smallest absolute Gasteiger partial charge is 0.308 e. The molecule has 2 atom stereocenters. The van der Waals surface area contributed by atoms with Crippen molar-refractivity contribution in [2.75, 3.05) is 0 Å². The Bertz CT molecular complexity index is 1870. The molecule has 0 fully saturated rings. The Morgan fingerprint density at radius 2 is 1.87 bits per heavy atom. The highest BCUT2D eigenvalue weighted by atomic mass is 79.9. The van der Waals surface area contributed by atoms with Gasteiger partial charge in [0, 0.05) is 40.5 Å². The molecule has 5 rings (SSSR count). The van der Waals surface area contributed by atoms with E-state index in [-0.39, 0.29) is 51.4 Å². The number of carbonyl (C=O) groups excluding carboxylic acids is 1. The molecule has 2 aromatic heterocycles. The summed E-state index contributed by atoms with van der Waals surface area (Å²) in [5, 5.41) is 28.3. The summed E-state index contributed by atoms with van der Waals surface area (Å²) in [5.74, 6) is -2.91. The van der Waals surface area contributed by atoms with Gasteiger partial charge >= 0.3 is 5.97 Å². The predicted molar refractivity (Wildman–Crippen MR) is 160 cm³/mol. The third kappa shape index (κ3) is 7.57. The van der Waals surface area contributed by atoms with Crippen LogP contribution >= 0.6 is 34.5 Å². The SMILES string of the molecule is CC(=O)Oc1c(Cl)cc(C[n+]2cnn(C[C@](O)(c3ccc(F)cc3F)[C@@H](C)c3nc(-c4ccc(C#N)cc4)cs3)c2)cc1Cl.[Br-]. The van der Waals surface area contributed by atoms with Crippen LogP contribution in [0.4, 0.5) is 8.78 Å². The summed E-state index contributed by atoms with van der Waals surface area (Å²) in [6.45, 7) is 3.05. The molecular weight excluding hydrogens is 711 g/mol. The van der Waals surface area contributed by atoms with Crippen molar-refractivity contribution >= 4 is 40.5 Å².